The summed E-state index contributed by atoms with van der Waals surface area (Å²) < 4.78 is 5.32. The highest BCUT2D eigenvalue weighted by atomic mass is 16.3. The predicted octanol–water partition coefficient (Wildman–Crippen LogP) is 2.28. The zero-order valence-corrected chi connectivity index (χ0v) is 15.1. The molecule has 2 N–H and O–H groups in total. The molecule has 1 aromatic heterocycles. The van der Waals surface area contributed by atoms with Crippen molar-refractivity contribution in [2.45, 2.75) is 19.9 Å². The number of hydrogen-bond donors (Lipinski definition) is 2. The Morgan fingerprint density at radius 2 is 1.92 bits per heavy atom. The summed E-state index contributed by atoms with van der Waals surface area (Å²) in [6.07, 6.45) is 2.48. The summed E-state index contributed by atoms with van der Waals surface area (Å²) in [5.74, 6) is 1.72. The molecule has 0 aliphatic carbocycles. The van der Waals surface area contributed by atoms with E-state index in [4.69, 9.17) is 4.42 Å². The normalized spacial score (nSPS) is 11.2. The highest BCUT2D eigenvalue weighted by Crippen LogP contribution is 2.07. The molecule has 134 valence electrons. The lowest BCUT2D eigenvalue weighted by Gasteiger charge is -2.11. The molecule has 0 unspecified atom stereocenters. The first-order valence-electron chi connectivity index (χ1n) is 8.45. The predicted molar refractivity (Wildman–Crippen MR) is 99.7 cm³/mol. The molecule has 0 spiro atoms. The van der Waals surface area contributed by atoms with E-state index < -0.39 is 0 Å². The van der Waals surface area contributed by atoms with Gasteiger partial charge in [0.05, 0.1) is 12.8 Å². The van der Waals surface area contributed by atoms with Crippen molar-refractivity contribution in [2.24, 2.45) is 4.99 Å². The van der Waals surface area contributed by atoms with Crippen molar-refractivity contribution in [3.63, 3.8) is 0 Å². The Hall–Kier alpha value is -2.76. The van der Waals surface area contributed by atoms with E-state index in [2.05, 4.69) is 15.6 Å². The number of aliphatic imine (C=N–C) groups is 1. The van der Waals surface area contributed by atoms with Gasteiger partial charge in [0, 0.05) is 39.2 Å². The van der Waals surface area contributed by atoms with Crippen molar-refractivity contribution < 1.29 is 9.21 Å². The van der Waals surface area contributed by atoms with Gasteiger partial charge in [-0.05, 0) is 36.8 Å². The van der Waals surface area contributed by atoms with E-state index >= 15 is 0 Å². The first-order chi connectivity index (χ1) is 12.1. The van der Waals surface area contributed by atoms with Crippen molar-refractivity contribution in [1.82, 2.24) is 15.5 Å². The van der Waals surface area contributed by atoms with Crippen LogP contribution in [-0.4, -0.2) is 44.0 Å². The zero-order valence-electron chi connectivity index (χ0n) is 15.1. The lowest BCUT2D eigenvalue weighted by atomic mass is 10.1. The van der Waals surface area contributed by atoms with E-state index in [1.165, 1.54) is 0 Å². The molecule has 1 heterocycles. The van der Waals surface area contributed by atoms with E-state index in [1.807, 2.05) is 43.3 Å². The van der Waals surface area contributed by atoms with Gasteiger partial charge in [-0.3, -0.25) is 4.79 Å². The van der Waals surface area contributed by atoms with Crippen LogP contribution in [0.4, 0.5) is 0 Å². The van der Waals surface area contributed by atoms with Gasteiger partial charge in [-0.1, -0.05) is 12.1 Å². The minimum Gasteiger partial charge on any atom is -0.469 e. The molecule has 1 amide bonds. The topological polar surface area (TPSA) is 69.9 Å². The van der Waals surface area contributed by atoms with Crippen LogP contribution in [-0.2, 0) is 13.0 Å². The maximum atomic E-state index is 11.9. The summed E-state index contributed by atoms with van der Waals surface area (Å²) in [5.41, 5.74) is 1.74. The van der Waals surface area contributed by atoms with Crippen LogP contribution < -0.4 is 10.6 Å². The van der Waals surface area contributed by atoms with Gasteiger partial charge < -0.3 is 20.0 Å². The quantitative estimate of drug-likeness (QED) is 0.598. The number of carbonyl (C=O) groups is 1. The van der Waals surface area contributed by atoms with Crippen LogP contribution in [0.2, 0.25) is 0 Å². The summed E-state index contributed by atoms with van der Waals surface area (Å²) in [6.45, 7) is 4.12. The molecule has 2 aromatic rings. The summed E-state index contributed by atoms with van der Waals surface area (Å²) in [6, 6.07) is 11.4. The number of benzene rings is 1. The molecular formula is C19H26N4O2. The molecule has 25 heavy (non-hydrogen) atoms. The van der Waals surface area contributed by atoms with E-state index in [9.17, 15) is 4.79 Å². The number of guanidine groups is 1. The molecule has 0 saturated carbocycles. The molecule has 0 aliphatic rings. The molecule has 0 saturated heterocycles. The van der Waals surface area contributed by atoms with Crippen molar-refractivity contribution in [3.05, 3.63) is 59.5 Å². The first-order valence-corrected chi connectivity index (χ1v) is 8.45. The second-order valence-electron chi connectivity index (χ2n) is 5.85. The van der Waals surface area contributed by atoms with Crippen LogP contribution in [0.5, 0.6) is 0 Å². The fourth-order valence-electron chi connectivity index (χ4n) is 2.28. The highest BCUT2D eigenvalue weighted by Gasteiger charge is 2.07. The lowest BCUT2D eigenvalue weighted by molar-refractivity contribution is 0.0827. The van der Waals surface area contributed by atoms with Gasteiger partial charge in [-0.15, -0.1) is 0 Å². The molecule has 6 heteroatoms. The van der Waals surface area contributed by atoms with Gasteiger partial charge in [0.2, 0.25) is 0 Å². The summed E-state index contributed by atoms with van der Waals surface area (Å²) in [7, 11) is 3.50. The van der Waals surface area contributed by atoms with Crippen LogP contribution in [0.15, 0.2) is 52.1 Å². The van der Waals surface area contributed by atoms with Gasteiger partial charge in [0.1, 0.15) is 5.76 Å². The van der Waals surface area contributed by atoms with Crippen LogP contribution in [0.25, 0.3) is 0 Å². The minimum absolute atomic E-state index is 0.00276. The van der Waals surface area contributed by atoms with Crippen LogP contribution in [0.1, 0.15) is 28.6 Å². The molecule has 0 bridgehead atoms. The number of rotatable bonds is 7. The third-order valence-electron chi connectivity index (χ3n) is 3.61. The summed E-state index contributed by atoms with van der Waals surface area (Å²) in [4.78, 5) is 18.0. The Morgan fingerprint density at radius 3 is 2.52 bits per heavy atom. The third kappa shape index (κ3) is 5.99. The molecule has 2 rings (SSSR count). The Bertz CT molecular complexity index is 676. The fourth-order valence-corrected chi connectivity index (χ4v) is 2.28. The van der Waals surface area contributed by atoms with Crippen molar-refractivity contribution in [2.75, 3.05) is 27.2 Å². The van der Waals surface area contributed by atoms with Crippen LogP contribution >= 0.6 is 0 Å². The minimum atomic E-state index is 0.00276. The van der Waals surface area contributed by atoms with E-state index in [0.717, 1.165) is 36.8 Å². The molecule has 0 fully saturated rings. The number of hydrogen-bond acceptors (Lipinski definition) is 3. The second-order valence-corrected chi connectivity index (χ2v) is 5.85. The maximum Gasteiger partial charge on any atom is 0.253 e. The largest absolute Gasteiger partial charge is 0.469 e. The SMILES string of the molecule is CCNC(=NCc1ccc(C(=O)N(C)C)cc1)NCCc1ccco1. The van der Waals surface area contributed by atoms with Gasteiger partial charge >= 0.3 is 0 Å². The molecule has 0 aliphatic heterocycles. The van der Waals surface area contributed by atoms with Gasteiger partial charge in [0.15, 0.2) is 5.96 Å². The van der Waals surface area contributed by atoms with Gasteiger partial charge in [-0.25, -0.2) is 4.99 Å². The van der Waals surface area contributed by atoms with Crippen LogP contribution in [0.3, 0.4) is 0 Å². The van der Waals surface area contributed by atoms with Crippen molar-refractivity contribution in [3.8, 4) is 0 Å². The lowest BCUT2D eigenvalue weighted by Crippen LogP contribution is -2.38. The van der Waals surface area contributed by atoms with E-state index in [-0.39, 0.29) is 5.91 Å². The Kier molecular flexibility index (Phi) is 7.07. The zero-order chi connectivity index (χ0) is 18.1. The Labute approximate surface area is 148 Å². The average Bonchev–Trinajstić information content (AvgIpc) is 3.13. The van der Waals surface area contributed by atoms with E-state index in [0.29, 0.717) is 12.1 Å². The molecular weight excluding hydrogens is 316 g/mol. The number of nitrogens with zero attached hydrogens (tertiary/aromatic N) is 2. The van der Waals surface area contributed by atoms with Gasteiger partial charge in [-0.2, -0.15) is 0 Å². The average molecular weight is 342 g/mol. The first kappa shape index (κ1) is 18.6. The van der Waals surface area contributed by atoms with Gasteiger partial charge in [0.25, 0.3) is 5.91 Å². The monoisotopic (exact) mass is 342 g/mol. The third-order valence-corrected chi connectivity index (χ3v) is 3.61. The standard InChI is InChI=1S/C19H26N4O2/c1-4-20-19(21-12-11-17-6-5-13-25-17)22-14-15-7-9-16(10-8-15)18(24)23(2)3/h5-10,13H,4,11-12,14H2,1-3H3,(H2,20,21,22). The molecule has 1 aromatic carbocycles. The Balaban J connectivity index is 1.90. The van der Waals surface area contributed by atoms with Crippen molar-refractivity contribution in [1.29, 1.82) is 0 Å². The molecule has 6 nitrogen and oxygen atoms in total. The number of nitrogens with one attached hydrogen (secondary N) is 2. The summed E-state index contributed by atoms with van der Waals surface area (Å²) >= 11 is 0. The number of amides is 1. The fraction of sp³-hybridized carbons (Fsp3) is 0.368. The molecule has 0 atom stereocenters. The second kappa shape index (κ2) is 9.52. The molecule has 0 radical (unpaired) electrons. The number of furan rings is 1. The smallest absolute Gasteiger partial charge is 0.253 e. The highest BCUT2D eigenvalue weighted by molar-refractivity contribution is 5.93. The van der Waals surface area contributed by atoms with Crippen LogP contribution in [0, 0.1) is 0 Å². The maximum absolute atomic E-state index is 11.9. The van der Waals surface area contributed by atoms with Crippen molar-refractivity contribution >= 4 is 11.9 Å². The number of carbonyl (C=O) groups excluding carboxylic acids is 1. The Morgan fingerprint density at radius 1 is 1.16 bits per heavy atom. The summed E-state index contributed by atoms with van der Waals surface area (Å²) in [5, 5.41) is 6.52. The van der Waals surface area contributed by atoms with E-state index in [1.54, 1.807) is 25.3 Å².